The van der Waals surface area contributed by atoms with E-state index in [1.807, 2.05) is 21.1 Å². The maximum absolute atomic E-state index is 11.7. The Bertz CT molecular complexity index is 512. The summed E-state index contributed by atoms with van der Waals surface area (Å²) in [5.74, 6) is -1.32. The van der Waals surface area contributed by atoms with Crippen LogP contribution >= 0.6 is 24.0 Å². The molecule has 1 aromatic carbocycles. The summed E-state index contributed by atoms with van der Waals surface area (Å²) >= 11 is 0. The zero-order chi connectivity index (χ0) is 15.3. The van der Waals surface area contributed by atoms with Crippen molar-refractivity contribution in [2.24, 2.45) is 0 Å². The Morgan fingerprint density at radius 3 is 2.38 bits per heavy atom. The summed E-state index contributed by atoms with van der Waals surface area (Å²) in [5, 5.41) is 14.3. The second-order valence-electron chi connectivity index (χ2n) is 5.51. The largest absolute Gasteiger partial charge is 0.872 e. The number of ether oxygens (including phenoxy) is 1. The van der Waals surface area contributed by atoms with Crippen LogP contribution < -0.4 is 10.4 Å². The first-order valence-electron chi connectivity index (χ1n) is 6.22. The zero-order valence-electron chi connectivity index (χ0n) is 12.6. The smallest absolute Gasteiger partial charge is 0.337 e. The molecule has 0 saturated carbocycles. The molecule has 1 rings (SSSR count). The monoisotopic (exact) mass is 408 g/mol. The Balaban J connectivity index is 0.00000400. The molecule has 0 heterocycles. The summed E-state index contributed by atoms with van der Waals surface area (Å²) in [5.41, 5.74) is 0.339. The van der Waals surface area contributed by atoms with Crippen LogP contribution in [0, 0.1) is 0 Å². The van der Waals surface area contributed by atoms with Crippen LogP contribution in [0.25, 0.3) is 0 Å². The highest BCUT2D eigenvalue weighted by Crippen LogP contribution is 2.20. The fraction of sp³-hybridized carbons (Fsp3) is 0.429. The first-order valence-corrected chi connectivity index (χ1v) is 6.22. The molecular formula is C14H21IN2O4. The van der Waals surface area contributed by atoms with Crippen molar-refractivity contribution in [1.82, 2.24) is 0 Å². The summed E-state index contributed by atoms with van der Waals surface area (Å²) < 4.78 is 5.17. The van der Waals surface area contributed by atoms with E-state index in [2.05, 4.69) is 10.1 Å². The van der Waals surface area contributed by atoms with Crippen molar-refractivity contribution < 1.29 is 23.9 Å². The van der Waals surface area contributed by atoms with Gasteiger partial charge in [-0.15, -0.1) is 24.0 Å². The van der Waals surface area contributed by atoms with Crippen LogP contribution in [0.1, 0.15) is 16.8 Å². The van der Waals surface area contributed by atoms with Crippen LogP contribution in [0.15, 0.2) is 18.2 Å². The molecule has 21 heavy (non-hydrogen) atoms. The van der Waals surface area contributed by atoms with E-state index in [1.54, 1.807) is 0 Å². The predicted molar refractivity (Wildman–Crippen MR) is 88.8 cm³/mol. The molecule has 0 unspecified atom stereocenters. The molecule has 1 N–H and O–H groups in total. The van der Waals surface area contributed by atoms with E-state index in [4.69, 9.17) is 0 Å². The summed E-state index contributed by atoms with van der Waals surface area (Å²) in [6.07, 6.45) is 0.358. The van der Waals surface area contributed by atoms with Crippen LogP contribution in [0.5, 0.6) is 5.75 Å². The summed E-state index contributed by atoms with van der Waals surface area (Å²) in [6.45, 7) is 0.691. The summed E-state index contributed by atoms with van der Waals surface area (Å²) in [6, 6.07) is 4.08. The maximum Gasteiger partial charge on any atom is 0.337 e. The van der Waals surface area contributed by atoms with Gasteiger partial charge in [-0.1, -0.05) is 5.75 Å². The summed E-state index contributed by atoms with van der Waals surface area (Å²) in [4.78, 5) is 23.0. The van der Waals surface area contributed by atoms with Gasteiger partial charge in [-0.05, 0) is 18.2 Å². The minimum absolute atomic E-state index is 0. The SMILES string of the molecule is COC(=O)c1ccc(NC(=O)CC[N+](C)(C)C)cc1[O-].I. The Morgan fingerprint density at radius 2 is 1.90 bits per heavy atom. The second kappa shape index (κ2) is 8.18. The van der Waals surface area contributed by atoms with E-state index in [1.165, 1.54) is 25.3 Å². The zero-order valence-corrected chi connectivity index (χ0v) is 15.0. The van der Waals surface area contributed by atoms with Gasteiger partial charge in [-0.3, -0.25) is 4.79 Å². The molecule has 0 spiro atoms. The fourth-order valence-corrected chi connectivity index (χ4v) is 1.54. The average Bonchev–Trinajstić information content (AvgIpc) is 2.35. The molecule has 7 heteroatoms. The number of nitrogens with one attached hydrogen (secondary N) is 1. The van der Waals surface area contributed by atoms with Crippen molar-refractivity contribution in [3.8, 4) is 5.75 Å². The second-order valence-corrected chi connectivity index (χ2v) is 5.51. The Labute approximate surface area is 141 Å². The van der Waals surface area contributed by atoms with Gasteiger partial charge in [0.2, 0.25) is 5.91 Å². The van der Waals surface area contributed by atoms with E-state index < -0.39 is 11.7 Å². The number of methoxy groups -OCH3 is 1. The van der Waals surface area contributed by atoms with E-state index in [9.17, 15) is 14.7 Å². The molecule has 0 atom stereocenters. The van der Waals surface area contributed by atoms with Gasteiger partial charge < -0.3 is 19.6 Å². The number of benzene rings is 1. The molecule has 0 aliphatic heterocycles. The molecule has 6 nitrogen and oxygen atoms in total. The van der Waals surface area contributed by atoms with Crippen LogP contribution in [-0.2, 0) is 9.53 Å². The number of anilines is 1. The minimum atomic E-state index is -0.682. The third kappa shape index (κ3) is 6.76. The van der Waals surface area contributed by atoms with Crippen LogP contribution in [0.4, 0.5) is 5.69 Å². The number of hydrogen-bond acceptors (Lipinski definition) is 4. The molecule has 0 saturated heterocycles. The normalized spacial score (nSPS) is 10.5. The average molecular weight is 408 g/mol. The van der Waals surface area contributed by atoms with Crippen molar-refractivity contribution in [3.05, 3.63) is 23.8 Å². The molecule has 0 aliphatic rings. The lowest BCUT2D eigenvalue weighted by atomic mass is 10.2. The standard InChI is InChI=1S/C14H20N2O4.HI/c1-16(2,3)8-7-13(18)15-10-5-6-11(12(17)9-10)14(19)20-4;/h5-6,9H,7-8H2,1-4H3,(H-,15,17,18,19);1H. The molecule has 0 radical (unpaired) electrons. The number of quaternary nitrogens is 1. The Morgan fingerprint density at radius 1 is 1.29 bits per heavy atom. The van der Waals surface area contributed by atoms with Gasteiger partial charge in [0.1, 0.15) is 0 Å². The van der Waals surface area contributed by atoms with Crippen LogP contribution in [0.3, 0.4) is 0 Å². The topological polar surface area (TPSA) is 78.5 Å². The van der Waals surface area contributed by atoms with Crippen molar-refractivity contribution in [1.29, 1.82) is 0 Å². The number of carbonyl (C=O) groups is 2. The van der Waals surface area contributed by atoms with Crippen molar-refractivity contribution in [2.75, 3.05) is 40.1 Å². The van der Waals surface area contributed by atoms with Gasteiger partial charge in [0.05, 0.1) is 46.8 Å². The first kappa shape index (κ1) is 19.7. The third-order valence-corrected chi connectivity index (χ3v) is 2.68. The maximum atomic E-state index is 11.7. The van der Waals surface area contributed by atoms with E-state index in [0.717, 1.165) is 0 Å². The highest BCUT2D eigenvalue weighted by atomic mass is 127. The Hall–Kier alpha value is -1.35. The number of halogens is 1. The molecule has 118 valence electrons. The van der Waals surface area contributed by atoms with Gasteiger partial charge in [-0.25, -0.2) is 4.79 Å². The molecule has 0 aromatic heterocycles. The lowest BCUT2D eigenvalue weighted by Gasteiger charge is -2.23. The van der Waals surface area contributed by atoms with Crippen molar-refractivity contribution >= 4 is 41.5 Å². The number of rotatable bonds is 5. The number of hydrogen-bond donors (Lipinski definition) is 1. The summed E-state index contributed by atoms with van der Waals surface area (Å²) in [7, 11) is 7.19. The first-order chi connectivity index (χ1) is 9.23. The van der Waals surface area contributed by atoms with Crippen LogP contribution in [-0.4, -0.2) is 51.2 Å². The van der Waals surface area contributed by atoms with E-state index in [0.29, 0.717) is 23.1 Å². The van der Waals surface area contributed by atoms with Gasteiger partial charge in [0, 0.05) is 5.69 Å². The number of amides is 1. The quantitative estimate of drug-likeness (QED) is 0.451. The Kier molecular flexibility index (Phi) is 7.65. The minimum Gasteiger partial charge on any atom is -0.872 e. The van der Waals surface area contributed by atoms with Crippen molar-refractivity contribution in [3.63, 3.8) is 0 Å². The molecule has 0 fully saturated rings. The molecule has 1 amide bonds. The molecule has 0 bridgehead atoms. The number of nitrogens with zero attached hydrogens (tertiary/aromatic N) is 1. The lowest BCUT2D eigenvalue weighted by Crippen LogP contribution is -2.37. The third-order valence-electron chi connectivity index (χ3n) is 2.68. The number of carbonyl (C=O) groups excluding carboxylic acids is 2. The van der Waals surface area contributed by atoms with Gasteiger partial charge >= 0.3 is 5.97 Å². The lowest BCUT2D eigenvalue weighted by molar-refractivity contribution is -0.869. The van der Waals surface area contributed by atoms with Gasteiger partial charge in [0.15, 0.2) is 0 Å². The number of esters is 1. The van der Waals surface area contributed by atoms with E-state index >= 15 is 0 Å². The highest BCUT2D eigenvalue weighted by molar-refractivity contribution is 14.0. The van der Waals surface area contributed by atoms with Gasteiger partial charge in [-0.2, -0.15) is 0 Å². The van der Waals surface area contributed by atoms with Crippen molar-refractivity contribution in [2.45, 2.75) is 6.42 Å². The van der Waals surface area contributed by atoms with E-state index in [-0.39, 0.29) is 35.4 Å². The molecular weight excluding hydrogens is 387 g/mol. The molecule has 1 aromatic rings. The highest BCUT2D eigenvalue weighted by Gasteiger charge is 2.12. The molecule has 0 aliphatic carbocycles. The van der Waals surface area contributed by atoms with Gasteiger partial charge in [0.25, 0.3) is 0 Å². The predicted octanol–water partition coefficient (Wildman–Crippen LogP) is 1.20. The fourth-order valence-electron chi connectivity index (χ4n) is 1.54. The van der Waals surface area contributed by atoms with Crippen LogP contribution in [0.2, 0.25) is 0 Å².